The average Bonchev–Trinajstić information content (AvgIpc) is 2.48. The van der Waals surface area contributed by atoms with Crippen LogP contribution in [0.5, 0.6) is 5.75 Å². The standard InChI is InChI=1S/C16H14ClF2NO/c1-20-14-8-16(12-6-9(17)2-5-13(12)19)21-15-7-10(18)3-4-11(14)15/h2-7,14,16,20H,8H2,1H3. The van der Waals surface area contributed by atoms with Crippen molar-refractivity contribution in [3.8, 4) is 5.75 Å². The van der Waals surface area contributed by atoms with Gasteiger partial charge in [-0.05, 0) is 31.3 Å². The van der Waals surface area contributed by atoms with Crippen molar-refractivity contribution < 1.29 is 13.5 Å². The third-order valence-electron chi connectivity index (χ3n) is 3.72. The summed E-state index contributed by atoms with van der Waals surface area (Å²) in [6.45, 7) is 0. The molecule has 0 spiro atoms. The van der Waals surface area contributed by atoms with E-state index in [2.05, 4.69) is 5.32 Å². The molecule has 1 aliphatic rings. The van der Waals surface area contributed by atoms with Crippen molar-refractivity contribution >= 4 is 11.6 Å². The highest BCUT2D eigenvalue weighted by molar-refractivity contribution is 6.30. The largest absolute Gasteiger partial charge is 0.485 e. The number of benzene rings is 2. The second-order valence-electron chi connectivity index (χ2n) is 5.03. The number of nitrogens with one attached hydrogen (secondary N) is 1. The van der Waals surface area contributed by atoms with Crippen molar-refractivity contribution in [1.82, 2.24) is 5.32 Å². The van der Waals surface area contributed by atoms with Crippen LogP contribution in [0.15, 0.2) is 36.4 Å². The first-order valence-electron chi connectivity index (χ1n) is 6.67. The smallest absolute Gasteiger partial charge is 0.130 e. The summed E-state index contributed by atoms with van der Waals surface area (Å²) in [6.07, 6.45) is 0.0438. The van der Waals surface area contributed by atoms with E-state index in [1.165, 1.54) is 24.3 Å². The van der Waals surface area contributed by atoms with E-state index in [0.717, 1.165) is 5.56 Å². The lowest BCUT2D eigenvalue weighted by Crippen LogP contribution is -2.27. The SMILES string of the molecule is CNC1CC(c2cc(Cl)ccc2F)Oc2cc(F)ccc21. The van der Waals surface area contributed by atoms with Gasteiger partial charge in [0.15, 0.2) is 0 Å². The molecule has 3 rings (SSSR count). The minimum absolute atomic E-state index is 0.0299. The van der Waals surface area contributed by atoms with E-state index in [1.807, 2.05) is 7.05 Å². The van der Waals surface area contributed by atoms with Crippen LogP contribution in [0.2, 0.25) is 5.02 Å². The molecular weight excluding hydrogens is 296 g/mol. The van der Waals surface area contributed by atoms with Crippen LogP contribution in [0.25, 0.3) is 0 Å². The fourth-order valence-corrected chi connectivity index (χ4v) is 2.85. The molecule has 110 valence electrons. The van der Waals surface area contributed by atoms with Crippen molar-refractivity contribution in [2.75, 3.05) is 7.05 Å². The molecule has 0 radical (unpaired) electrons. The van der Waals surface area contributed by atoms with Crippen LogP contribution in [-0.4, -0.2) is 7.05 Å². The summed E-state index contributed by atoms with van der Waals surface area (Å²) in [5, 5.41) is 3.60. The molecule has 5 heteroatoms. The molecule has 2 atom stereocenters. The van der Waals surface area contributed by atoms with E-state index in [0.29, 0.717) is 22.8 Å². The quantitative estimate of drug-likeness (QED) is 0.887. The van der Waals surface area contributed by atoms with Crippen LogP contribution in [0, 0.1) is 11.6 Å². The Morgan fingerprint density at radius 3 is 2.71 bits per heavy atom. The third-order valence-corrected chi connectivity index (χ3v) is 3.96. The van der Waals surface area contributed by atoms with Crippen LogP contribution >= 0.6 is 11.6 Å². The maximum Gasteiger partial charge on any atom is 0.130 e. The molecule has 0 saturated heterocycles. The normalized spacial score (nSPS) is 20.8. The number of ether oxygens (including phenoxy) is 1. The summed E-state index contributed by atoms with van der Waals surface area (Å²) in [7, 11) is 1.81. The van der Waals surface area contributed by atoms with Gasteiger partial charge in [0.1, 0.15) is 23.5 Å². The van der Waals surface area contributed by atoms with E-state index < -0.39 is 6.10 Å². The fraction of sp³-hybridized carbons (Fsp3) is 0.250. The highest BCUT2D eigenvalue weighted by Gasteiger charge is 2.30. The molecule has 2 aromatic rings. The number of hydrogen-bond acceptors (Lipinski definition) is 2. The summed E-state index contributed by atoms with van der Waals surface area (Å²) in [4.78, 5) is 0. The van der Waals surface area contributed by atoms with Crippen LogP contribution in [0.3, 0.4) is 0 Å². The first-order chi connectivity index (χ1) is 10.1. The zero-order chi connectivity index (χ0) is 15.0. The molecule has 21 heavy (non-hydrogen) atoms. The Bertz CT molecular complexity index is 677. The van der Waals surface area contributed by atoms with Gasteiger partial charge in [0.2, 0.25) is 0 Å². The first kappa shape index (κ1) is 14.3. The number of halogens is 3. The molecule has 1 aliphatic heterocycles. The first-order valence-corrected chi connectivity index (χ1v) is 7.04. The lowest BCUT2D eigenvalue weighted by atomic mass is 9.93. The monoisotopic (exact) mass is 309 g/mol. The Morgan fingerprint density at radius 2 is 1.95 bits per heavy atom. The zero-order valence-electron chi connectivity index (χ0n) is 11.4. The molecule has 0 saturated carbocycles. The predicted molar refractivity (Wildman–Crippen MR) is 77.6 cm³/mol. The van der Waals surface area contributed by atoms with E-state index in [-0.39, 0.29) is 17.7 Å². The minimum atomic E-state index is -0.504. The van der Waals surface area contributed by atoms with E-state index in [1.54, 1.807) is 12.1 Å². The van der Waals surface area contributed by atoms with Gasteiger partial charge in [-0.25, -0.2) is 8.78 Å². The highest BCUT2D eigenvalue weighted by atomic mass is 35.5. The molecule has 2 unspecified atom stereocenters. The lowest BCUT2D eigenvalue weighted by molar-refractivity contribution is 0.149. The number of hydrogen-bond donors (Lipinski definition) is 1. The van der Waals surface area contributed by atoms with Crippen molar-refractivity contribution in [2.24, 2.45) is 0 Å². The highest BCUT2D eigenvalue weighted by Crippen LogP contribution is 2.41. The molecule has 2 aromatic carbocycles. The Hall–Kier alpha value is -1.65. The topological polar surface area (TPSA) is 21.3 Å². The maximum absolute atomic E-state index is 14.0. The molecule has 1 N–H and O–H groups in total. The summed E-state index contributed by atoms with van der Waals surface area (Å²) in [5.41, 5.74) is 1.26. The Balaban J connectivity index is 2.01. The summed E-state index contributed by atoms with van der Waals surface area (Å²) >= 11 is 5.93. The Labute approximate surface area is 126 Å². The van der Waals surface area contributed by atoms with Crippen molar-refractivity contribution in [3.05, 3.63) is 64.2 Å². The number of rotatable bonds is 2. The van der Waals surface area contributed by atoms with Gasteiger partial charge in [-0.2, -0.15) is 0 Å². The summed E-state index contributed by atoms with van der Waals surface area (Å²) < 4.78 is 33.2. The maximum atomic E-state index is 14.0. The minimum Gasteiger partial charge on any atom is -0.485 e. The molecule has 0 aliphatic carbocycles. The molecule has 0 amide bonds. The molecule has 0 bridgehead atoms. The molecular formula is C16H14ClF2NO. The van der Waals surface area contributed by atoms with Gasteiger partial charge < -0.3 is 10.1 Å². The van der Waals surface area contributed by atoms with Crippen molar-refractivity contribution in [2.45, 2.75) is 18.6 Å². The Kier molecular flexibility index (Phi) is 3.83. The number of fused-ring (bicyclic) bond motifs is 1. The lowest BCUT2D eigenvalue weighted by Gasteiger charge is -2.32. The predicted octanol–water partition coefficient (Wildman–Crippen LogP) is 4.40. The summed E-state index contributed by atoms with van der Waals surface area (Å²) in [5.74, 6) is -0.320. The zero-order valence-corrected chi connectivity index (χ0v) is 12.1. The Morgan fingerprint density at radius 1 is 1.14 bits per heavy atom. The second-order valence-corrected chi connectivity index (χ2v) is 5.47. The molecule has 0 aromatic heterocycles. The fourth-order valence-electron chi connectivity index (χ4n) is 2.67. The van der Waals surface area contributed by atoms with Gasteiger partial charge in [0, 0.05) is 34.7 Å². The van der Waals surface area contributed by atoms with Crippen LogP contribution in [0.4, 0.5) is 8.78 Å². The van der Waals surface area contributed by atoms with Crippen molar-refractivity contribution in [3.63, 3.8) is 0 Å². The van der Waals surface area contributed by atoms with Gasteiger partial charge in [-0.3, -0.25) is 0 Å². The average molecular weight is 310 g/mol. The molecule has 1 heterocycles. The van der Waals surface area contributed by atoms with Gasteiger partial charge >= 0.3 is 0 Å². The van der Waals surface area contributed by atoms with E-state index in [9.17, 15) is 8.78 Å². The van der Waals surface area contributed by atoms with E-state index in [4.69, 9.17) is 16.3 Å². The van der Waals surface area contributed by atoms with Crippen molar-refractivity contribution in [1.29, 1.82) is 0 Å². The van der Waals surface area contributed by atoms with Crippen LogP contribution in [-0.2, 0) is 0 Å². The van der Waals surface area contributed by atoms with Gasteiger partial charge in [0.05, 0.1) is 0 Å². The van der Waals surface area contributed by atoms with Crippen LogP contribution in [0.1, 0.15) is 29.7 Å². The van der Waals surface area contributed by atoms with Gasteiger partial charge in [0.25, 0.3) is 0 Å². The second kappa shape index (κ2) is 5.62. The van der Waals surface area contributed by atoms with Gasteiger partial charge in [-0.1, -0.05) is 17.7 Å². The molecule has 2 nitrogen and oxygen atoms in total. The summed E-state index contributed by atoms with van der Waals surface area (Å²) in [6, 6.07) is 8.75. The van der Waals surface area contributed by atoms with Gasteiger partial charge in [-0.15, -0.1) is 0 Å². The van der Waals surface area contributed by atoms with Crippen LogP contribution < -0.4 is 10.1 Å². The molecule has 0 fully saturated rings. The van der Waals surface area contributed by atoms with E-state index >= 15 is 0 Å². The third kappa shape index (κ3) is 2.74.